The van der Waals surface area contributed by atoms with Crippen molar-refractivity contribution in [1.29, 1.82) is 0 Å². The maximum absolute atomic E-state index is 4.86. The molecule has 0 amide bonds. The molecular weight excluding hydrogens is 293 g/mol. The summed E-state index contributed by atoms with van der Waals surface area (Å²) in [6, 6.07) is 3.90. The molecule has 72 valence electrons. The molecule has 0 aliphatic rings. The Morgan fingerprint density at radius 3 is 3.07 bits per heavy atom. The minimum atomic E-state index is 0.628. The second kappa shape index (κ2) is 4.41. The Kier molecular flexibility index (Phi) is 2.97. The molecule has 0 spiro atoms. The lowest BCUT2D eigenvalue weighted by atomic mass is 10.4. The number of halogens is 1. The molecule has 2 aromatic heterocycles. The van der Waals surface area contributed by atoms with Crippen molar-refractivity contribution in [1.82, 2.24) is 9.97 Å². The third-order valence-electron chi connectivity index (χ3n) is 1.68. The largest absolute Gasteiger partial charge is 0.451 e. The van der Waals surface area contributed by atoms with E-state index in [0.717, 1.165) is 15.1 Å². The van der Waals surface area contributed by atoms with Gasteiger partial charge in [0.05, 0.1) is 15.8 Å². The molecule has 0 saturated heterocycles. The van der Waals surface area contributed by atoms with E-state index in [1.54, 1.807) is 12.5 Å². The van der Waals surface area contributed by atoms with Crippen LogP contribution >= 0.6 is 22.6 Å². The zero-order valence-corrected chi connectivity index (χ0v) is 9.43. The van der Waals surface area contributed by atoms with Crippen LogP contribution in [0.3, 0.4) is 0 Å². The number of rotatable bonds is 3. The Morgan fingerprint density at radius 2 is 2.36 bits per heavy atom. The van der Waals surface area contributed by atoms with E-state index in [9.17, 15) is 0 Å². The van der Waals surface area contributed by atoms with Gasteiger partial charge < -0.3 is 9.73 Å². The van der Waals surface area contributed by atoms with Gasteiger partial charge >= 0.3 is 0 Å². The molecule has 0 aromatic carbocycles. The van der Waals surface area contributed by atoms with Crippen LogP contribution in [0, 0.1) is 3.57 Å². The number of nitrogens with zero attached hydrogens (tertiary/aromatic N) is 2. The van der Waals surface area contributed by atoms with E-state index in [1.807, 2.05) is 12.1 Å². The lowest BCUT2D eigenvalue weighted by molar-refractivity contribution is 0.556. The molecule has 0 bridgehead atoms. The molecule has 5 heteroatoms. The van der Waals surface area contributed by atoms with Crippen molar-refractivity contribution >= 4 is 28.4 Å². The summed E-state index contributed by atoms with van der Waals surface area (Å²) in [5, 5.41) is 3.17. The summed E-state index contributed by atoms with van der Waals surface area (Å²) in [6.07, 6.45) is 4.79. The highest BCUT2D eigenvalue weighted by Crippen LogP contribution is 2.14. The van der Waals surface area contributed by atoms with Gasteiger partial charge in [0, 0.05) is 6.20 Å². The van der Waals surface area contributed by atoms with Gasteiger partial charge in [0.1, 0.15) is 12.1 Å². The second-order valence-electron chi connectivity index (χ2n) is 2.67. The van der Waals surface area contributed by atoms with E-state index < -0.39 is 0 Å². The van der Waals surface area contributed by atoms with Crippen molar-refractivity contribution in [3.05, 3.63) is 40.3 Å². The van der Waals surface area contributed by atoms with Crippen LogP contribution in [0.2, 0.25) is 0 Å². The third-order valence-corrected chi connectivity index (χ3v) is 2.55. The molecule has 2 rings (SSSR count). The van der Waals surface area contributed by atoms with Crippen LogP contribution in [0.25, 0.3) is 0 Å². The van der Waals surface area contributed by atoms with E-state index in [4.69, 9.17) is 4.42 Å². The lowest BCUT2D eigenvalue weighted by Crippen LogP contribution is -2.02. The van der Waals surface area contributed by atoms with Crippen molar-refractivity contribution in [2.75, 3.05) is 5.32 Å². The van der Waals surface area contributed by atoms with Gasteiger partial charge in [0.2, 0.25) is 0 Å². The molecule has 0 aliphatic heterocycles. The zero-order valence-electron chi connectivity index (χ0n) is 7.27. The number of anilines is 1. The number of oxazole rings is 1. The first-order valence-electron chi connectivity index (χ1n) is 4.08. The van der Waals surface area contributed by atoms with Gasteiger partial charge in [-0.2, -0.15) is 0 Å². The molecule has 0 saturated carbocycles. The van der Waals surface area contributed by atoms with Crippen molar-refractivity contribution < 1.29 is 4.42 Å². The van der Waals surface area contributed by atoms with Crippen LogP contribution in [-0.4, -0.2) is 9.97 Å². The Bertz CT molecular complexity index is 402. The minimum Gasteiger partial charge on any atom is -0.451 e. The molecule has 2 aromatic rings. The first-order valence-corrected chi connectivity index (χ1v) is 5.15. The quantitative estimate of drug-likeness (QED) is 0.884. The van der Waals surface area contributed by atoms with E-state index in [-0.39, 0.29) is 0 Å². The number of hydrogen-bond donors (Lipinski definition) is 1. The molecule has 0 unspecified atom stereocenters. The molecule has 0 fully saturated rings. The number of pyridine rings is 1. The van der Waals surface area contributed by atoms with Crippen molar-refractivity contribution in [3.8, 4) is 0 Å². The molecule has 4 nitrogen and oxygen atoms in total. The summed E-state index contributed by atoms with van der Waals surface area (Å²) in [5.41, 5.74) is 0.867. The third kappa shape index (κ3) is 2.22. The van der Waals surface area contributed by atoms with Crippen LogP contribution in [0.4, 0.5) is 5.82 Å². The fourth-order valence-corrected chi connectivity index (χ4v) is 1.55. The molecule has 1 N–H and O–H groups in total. The van der Waals surface area contributed by atoms with Gasteiger partial charge in [0.15, 0.2) is 6.39 Å². The maximum atomic E-state index is 4.86. The molecular formula is C9H8IN3O. The van der Waals surface area contributed by atoms with E-state index >= 15 is 0 Å². The van der Waals surface area contributed by atoms with Crippen LogP contribution in [0.15, 0.2) is 35.4 Å². The Morgan fingerprint density at radius 1 is 1.43 bits per heavy atom. The standard InChI is InChI=1S/C9H8IN3O/c10-8-2-1-3-11-9(8)12-4-7-5-14-6-13-7/h1-3,5-6H,4H2,(H,11,12). The van der Waals surface area contributed by atoms with Crippen LogP contribution in [0.1, 0.15) is 5.69 Å². The topological polar surface area (TPSA) is 51.0 Å². The highest BCUT2D eigenvalue weighted by Gasteiger charge is 2.00. The fourth-order valence-electron chi connectivity index (χ4n) is 1.01. The molecule has 0 atom stereocenters. The van der Waals surface area contributed by atoms with Crippen LogP contribution < -0.4 is 5.32 Å². The van der Waals surface area contributed by atoms with E-state index in [2.05, 4.69) is 37.9 Å². The van der Waals surface area contributed by atoms with Gasteiger partial charge in [-0.15, -0.1) is 0 Å². The maximum Gasteiger partial charge on any atom is 0.180 e. The highest BCUT2D eigenvalue weighted by molar-refractivity contribution is 14.1. The molecule has 2 heterocycles. The Hall–Kier alpha value is -1.11. The highest BCUT2D eigenvalue weighted by atomic mass is 127. The summed E-state index contributed by atoms with van der Waals surface area (Å²) in [5.74, 6) is 0.871. The van der Waals surface area contributed by atoms with Crippen molar-refractivity contribution in [2.45, 2.75) is 6.54 Å². The average molecular weight is 301 g/mol. The Balaban J connectivity index is 2.02. The Labute approximate surface area is 94.9 Å². The number of hydrogen-bond acceptors (Lipinski definition) is 4. The summed E-state index contributed by atoms with van der Waals surface area (Å²) in [7, 11) is 0. The first kappa shape index (κ1) is 9.45. The zero-order chi connectivity index (χ0) is 9.80. The van der Waals surface area contributed by atoms with Gasteiger partial charge in [-0.3, -0.25) is 0 Å². The predicted molar refractivity (Wildman–Crippen MR) is 60.8 cm³/mol. The SMILES string of the molecule is Ic1cccnc1NCc1cocn1. The number of aromatic nitrogens is 2. The summed E-state index contributed by atoms with van der Waals surface area (Å²) in [6.45, 7) is 0.628. The summed E-state index contributed by atoms with van der Waals surface area (Å²) >= 11 is 2.23. The second-order valence-corrected chi connectivity index (χ2v) is 3.83. The lowest BCUT2D eigenvalue weighted by Gasteiger charge is -2.04. The summed E-state index contributed by atoms with van der Waals surface area (Å²) in [4.78, 5) is 8.20. The van der Waals surface area contributed by atoms with Crippen molar-refractivity contribution in [2.24, 2.45) is 0 Å². The first-order chi connectivity index (χ1) is 6.86. The van der Waals surface area contributed by atoms with Gasteiger partial charge in [-0.1, -0.05) is 0 Å². The van der Waals surface area contributed by atoms with Gasteiger partial charge in [-0.05, 0) is 34.7 Å². The number of nitrogens with one attached hydrogen (secondary N) is 1. The van der Waals surface area contributed by atoms with Crippen LogP contribution in [0.5, 0.6) is 0 Å². The predicted octanol–water partition coefficient (Wildman–Crippen LogP) is 2.29. The summed E-state index contributed by atoms with van der Waals surface area (Å²) < 4.78 is 5.95. The van der Waals surface area contributed by atoms with Gasteiger partial charge in [-0.25, -0.2) is 9.97 Å². The monoisotopic (exact) mass is 301 g/mol. The molecule has 0 aliphatic carbocycles. The molecule has 14 heavy (non-hydrogen) atoms. The fraction of sp³-hybridized carbons (Fsp3) is 0.111. The van der Waals surface area contributed by atoms with Gasteiger partial charge in [0.25, 0.3) is 0 Å². The molecule has 0 radical (unpaired) electrons. The average Bonchev–Trinajstić information content (AvgIpc) is 2.69. The normalized spacial score (nSPS) is 10.1. The van der Waals surface area contributed by atoms with Crippen molar-refractivity contribution in [3.63, 3.8) is 0 Å². The minimum absolute atomic E-state index is 0.628. The van der Waals surface area contributed by atoms with E-state index in [1.165, 1.54) is 6.39 Å². The van der Waals surface area contributed by atoms with E-state index in [0.29, 0.717) is 6.54 Å². The smallest absolute Gasteiger partial charge is 0.180 e. The van der Waals surface area contributed by atoms with Crippen LogP contribution in [-0.2, 0) is 6.54 Å².